The molecule has 0 atom stereocenters. The molecule has 0 spiro atoms. The quantitative estimate of drug-likeness (QED) is 0.497. The molecule has 0 fully saturated rings. The Bertz CT molecular complexity index is 1070. The van der Waals surface area contributed by atoms with E-state index in [-0.39, 0.29) is 0 Å². The van der Waals surface area contributed by atoms with Crippen molar-refractivity contribution in [1.29, 1.82) is 0 Å². The van der Waals surface area contributed by atoms with E-state index in [1.54, 1.807) is 35.2 Å². The number of hydrogen-bond donors (Lipinski definition) is 0. The molecule has 7 nitrogen and oxygen atoms in total. The van der Waals surface area contributed by atoms with Gasteiger partial charge in [-0.25, -0.2) is 4.98 Å². The van der Waals surface area contributed by atoms with Crippen LogP contribution in [0.15, 0.2) is 54.2 Å². The fraction of sp³-hybridized carbons (Fsp3) is 0.211. The summed E-state index contributed by atoms with van der Waals surface area (Å²) in [6, 6.07) is 10.3. The van der Waals surface area contributed by atoms with Crippen molar-refractivity contribution >= 4 is 11.8 Å². The highest BCUT2D eigenvalue weighted by atomic mass is 32.2. The molecule has 0 radical (unpaired) electrons. The van der Waals surface area contributed by atoms with Crippen molar-refractivity contribution in [3.8, 4) is 17.1 Å². The Labute approximate surface area is 161 Å². The summed E-state index contributed by atoms with van der Waals surface area (Å²) in [6.45, 7) is 4.22. The van der Waals surface area contributed by atoms with Crippen LogP contribution >= 0.6 is 11.8 Å². The first kappa shape index (κ1) is 17.4. The highest BCUT2D eigenvalue weighted by molar-refractivity contribution is 7.98. The number of hydrogen-bond acceptors (Lipinski definition) is 6. The molecule has 3 aromatic heterocycles. The lowest BCUT2D eigenvalue weighted by molar-refractivity contribution is 0.729. The predicted molar refractivity (Wildman–Crippen MR) is 105 cm³/mol. The van der Waals surface area contributed by atoms with E-state index in [2.05, 4.69) is 61.9 Å². The second-order valence-corrected chi connectivity index (χ2v) is 7.18. The number of aromatic nitrogens is 7. The number of rotatable bonds is 5. The molecule has 0 saturated heterocycles. The molecule has 0 unspecified atom stereocenters. The van der Waals surface area contributed by atoms with Crippen LogP contribution in [-0.4, -0.2) is 34.5 Å². The zero-order chi connectivity index (χ0) is 18.8. The summed E-state index contributed by atoms with van der Waals surface area (Å²) in [5, 5.41) is 13.8. The van der Waals surface area contributed by atoms with Crippen molar-refractivity contribution < 1.29 is 0 Å². The van der Waals surface area contributed by atoms with E-state index in [1.807, 2.05) is 19.2 Å². The molecule has 4 aromatic rings. The first-order valence-corrected chi connectivity index (χ1v) is 9.51. The summed E-state index contributed by atoms with van der Waals surface area (Å²) in [5.41, 5.74) is 4.49. The summed E-state index contributed by atoms with van der Waals surface area (Å²) in [6.07, 6.45) is 5.09. The average molecular weight is 377 g/mol. The van der Waals surface area contributed by atoms with Gasteiger partial charge in [-0.3, -0.25) is 14.2 Å². The summed E-state index contributed by atoms with van der Waals surface area (Å²) in [5.74, 6) is 2.34. The lowest BCUT2D eigenvalue weighted by atomic mass is 10.1. The van der Waals surface area contributed by atoms with Gasteiger partial charge in [-0.1, -0.05) is 17.8 Å². The predicted octanol–water partition coefficient (Wildman–Crippen LogP) is 3.37. The van der Waals surface area contributed by atoms with Crippen LogP contribution in [0.5, 0.6) is 0 Å². The Morgan fingerprint density at radius 3 is 2.52 bits per heavy atom. The van der Waals surface area contributed by atoms with Gasteiger partial charge in [0.25, 0.3) is 0 Å². The number of benzene rings is 1. The van der Waals surface area contributed by atoms with Crippen LogP contribution < -0.4 is 0 Å². The molecule has 3 heterocycles. The van der Waals surface area contributed by atoms with Gasteiger partial charge in [-0.2, -0.15) is 5.10 Å². The van der Waals surface area contributed by atoms with Crippen molar-refractivity contribution in [2.24, 2.45) is 7.05 Å². The molecule has 0 aliphatic carbocycles. The highest BCUT2D eigenvalue weighted by Gasteiger charge is 2.17. The molecular weight excluding hydrogens is 358 g/mol. The normalized spacial score (nSPS) is 11.1. The summed E-state index contributed by atoms with van der Waals surface area (Å²) < 4.78 is 3.86. The van der Waals surface area contributed by atoms with Crippen LogP contribution in [-0.2, 0) is 12.8 Å². The van der Waals surface area contributed by atoms with Gasteiger partial charge in [0.15, 0.2) is 11.0 Å². The lowest BCUT2D eigenvalue weighted by Crippen LogP contribution is -2.02. The van der Waals surface area contributed by atoms with Crippen molar-refractivity contribution in [2.45, 2.75) is 24.8 Å². The average Bonchev–Trinajstić information content (AvgIpc) is 3.29. The second kappa shape index (κ2) is 7.32. The molecule has 0 saturated carbocycles. The molecule has 0 bridgehead atoms. The summed E-state index contributed by atoms with van der Waals surface area (Å²) >= 11 is 1.59. The topological polar surface area (TPSA) is 74.3 Å². The van der Waals surface area contributed by atoms with Crippen molar-refractivity contribution in [2.75, 3.05) is 0 Å². The van der Waals surface area contributed by atoms with Gasteiger partial charge < -0.3 is 0 Å². The standard InChI is InChI=1S/C19H19N7S/c1-13-4-5-16(10-14(13)2)26-18(15-6-8-20-9-7-15)23-24-19(26)27-11-17-21-12-22-25(17)3/h4-10,12H,11H2,1-3H3. The molecular formula is C19H19N7S. The van der Waals surface area contributed by atoms with Crippen molar-refractivity contribution in [1.82, 2.24) is 34.5 Å². The highest BCUT2D eigenvalue weighted by Crippen LogP contribution is 2.29. The molecule has 8 heteroatoms. The molecule has 4 rings (SSSR count). The molecule has 1 aromatic carbocycles. The van der Waals surface area contributed by atoms with Crippen LogP contribution in [0.2, 0.25) is 0 Å². The number of aryl methyl sites for hydroxylation is 3. The van der Waals surface area contributed by atoms with Crippen LogP contribution in [0.3, 0.4) is 0 Å². The minimum absolute atomic E-state index is 0.663. The van der Waals surface area contributed by atoms with E-state index in [0.29, 0.717) is 5.75 Å². The molecule has 0 aliphatic rings. The minimum atomic E-state index is 0.663. The van der Waals surface area contributed by atoms with E-state index >= 15 is 0 Å². The zero-order valence-electron chi connectivity index (χ0n) is 15.4. The van der Waals surface area contributed by atoms with Gasteiger partial charge in [-0.05, 0) is 49.2 Å². The third kappa shape index (κ3) is 3.48. The number of thioether (sulfide) groups is 1. The lowest BCUT2D eigenvalue weighted by Gasteiger charge is -2.12. The van der Waals surface area contributed by atoms with Crippen LogP contribution in [0.25, 0.3) is 17.1 Å². The fourth-order valence-electron chi connectivity index (χ4n) is 2.73. The largest absolute Gasteiger partial charge is 0.270 e. The molecule has 0 aliphatic heterocycles. The maximum Gasteiger partial charge on any atom is 0.196 e. The van der Waals surface area contributed by atoms with Crippen LogP contribution in [0.1, 0.15) is 17.0 Å². The SMILES string of the molecule is Cc1ccc(-n2c(SCc3ncnn3C)nnc2-c2ccncc2)cc1C. The van der Waals surface area contributed by atoms with Gasteiger partial charge in [0.05, 0.1) is 11.4 Å². The van der Waals surface area contributed by atoms with E-state index in [9.17, 15) is 0 Å². The Hall–Kier alpha value is -3.00. The van der Waals surface area contributed by atoms with Gasteiger partial charge in [-0.15, -0.1) is 10.2 Å². The number of pyridine rings is 1. The maximum atomic E-state index is 4.46. The van der Waals surface area contributed by atoms with Gasteiger partial charge in [0.1, 0.15) is 12.2 Å². The summed E-state index contributed by atoms with van der Waals surface area (Å²) in [4.78, 5) is 8.39. The van der Waals surface area contributed by atoms with Crippen molar-refractivity contribution in [3.63, 3.8) is 0 Å². The van der Waals surface area contributed by atoms with Crippen LogP contribution in [0, 0.1) is 13.8 Å². The Morgan fingerprint density at radius 1 is 1.00 bits per heavy atom. The van der Waals surface area contributed by atoms with E-state index in [4.69, 9.17) is 0 Å². The second-order valence-electron chi connectivity index (χ2n) is 6.23. The monoisotopic (exact) mass is 377 g/mol. The third-order valence-corrected chi connectivity index (χ3v) is 5.38. The van der Waals surface area contributed by atoms with E-state index in [0.717, 1.165) is 28.1 Å². The Morgan fingerprint density at radius 2 is 1.81 bits per heavy atom. The Kier molecular flexibility index (Phi) is 4.72. The molecule has 27 heavy (non-hydrogen) atoms. The minimum Gasteiger partial charge on any atom is -0.270 e. The third-order valence-electron chi connectivity index (χ3n) is 4.46. The van der Waals surface area contributed by atoms with E-state index < -0.39 is 0 Å². The van der Waals surface area contributed by atoms with E-state index in [1.165, 1.54) is 11.1 Å². The summed E-state index contributed by atoms with van der Waals surface area (Å²) in [7, 11) is 1.89. The molecule has 136 valence electrons. The Balaban J connectivity index is 1.78. The fourth-order valence-corrected chi connectivity index (χ4v) is 3.67. The van der Waals surface area contributed by atoms with Gasteiger partial charge in [0, 0.05) is 25.0 Å². The first-order valence-electron chi connectivity index (χ1n) is 8.52. The van der Waals surface area contributed by atoms with Crippen LogP contribution in [0.4, 0.5) is 0 Å². The smallest absolute Gasteiger partial charge is 0.196 e. The molecule has 0 amide bonds. The zero-order valence-corrected chi connectivity index (χ0v) is 16.2. The van der Waals surface area contributed by atoms with Gasteiger partial charge in [0.2, 0.25) is 0 Å². The number of nitrogens with zero attached hydrogens (tertiary/aromatic N) is 7. The van der Waals surface area contributed by atoms with Gasteiger partial charge >= 0.3 is 0 Å². The van der Waals surface area contributed by atoms with Crippen molar-refractivity contribution in [3.05, 3.63) is 66.0 Å². The first-order chi connectivity index (χ1) is 13.1. The maximum absolute atomic E-state index is 4.46. The molecule has 0 N–H and O–H groups in total.